The van der Waals surface area contributed by atoms with Crippen molar-refractivity contribution in [3.05, 3.63) is 0 Å². The molecule has 1 rings (SSSR count). The van der Waals surface area contributed by atoms with Crippen molar-refractivity contribution in [1.29, 1.82) is 0 Å². The van der Waals surface area contributed by atoms with Crippen LogP contribution in [0.15, 0.2) is 0 Å². The monoisotopic (exact) mass is 326 g/mol. The Hall–Kier alpha value is -1.59. The van der Waals surface area contributed by atoms with Crippen LogP contribution in [0.1, 0.15) is 65.2 Å². The second-order valence-electron chi connectivity index (χ2n) is 6.48. The van der Waals surface area contributed by atoms with Gasteiger partial charge in [0.05, 0.1) is 0 Å². The molecule has 0 bridgehead atoms. The van der Waals surface area contributed by atoms with E-state index in [1.54, 1.807) is 0 Å². The molecule has 0 heterocycles. The molecule has 6 heteroatoms. The number of hydrogen-bond donors (Lipinski definition) is 2. The number of carboxylic acid groups (broad SMARTS) is 1. The van der Waals surface area contributed by atoms with E-state index in [0.29, 0.717) is 6.42 Å². The molecule has 0 radical (unpaired) electrons. The van der Waals surface area contributed by atoms with Crippen molar-refractivity contribution in [3.63, 3.8) is 0 Å². The molecule has 0 aromatic rings. The Labute approximate surface area is 138 Å². The lowest BCUT2D eigenvalue weighted by Crippen LogP contribution is -2.46. The van der Waals surface area contributed by atoms with Gasteiger partial charge in [0.15, 0.2) is 0 Å². The molecule has 1 fully saturated rings. The fourth-order valence-corrected chi connectivity index (χ4v) is 3.18. The number of aliphatic carboxylic acids is 1. The summed E-state index contributed by atoms with van der Waals surface area (Å²) in [7, 11) is 0. The molecule has 0 aliphatic heterocycles. The number of carboxylic acids is 1. The Morgan fingerprint density at radius 3 is 2.43 bits per heavy atom. The maximum absolute atomic E-state index is 12.4. The van der Waals surface area contributed by atoms with Gasteiger partial charge in [0, 0.05) is 26.4 Å². The first kappa shape index (κ1) is 19.5. The molecular formula is C17H30N2O4. The van der Waals surface area contributed by atoms with Crippen LogP contribution in [0.4, 0.5) is 0 Å². The quantitative estimate of drug-likeness (QED) is 0.680. The highest BCUT2D eigenvalue weighted by Gasteiger charge is 2.25. The van der Waals surface area contributed by atoms with Crippen LogP contribution in [-0.4, -0.2) is 46.9 Å². The third-order valence-corrected chi connectivity index (χ3v) is 4.60. The van der Waals surface area contributed by atoms with Gasteiger partial charge in [-0.1, -0.05) is 32.1 Å². The fraction of sp³-hybridized carbons (Fsp3) is 0.824. The van der Waals surface area contributed by atoms with Gasteiger partial charge in [-0.15, -0.1) is 0 Å². The number of carbonyl (C=O) groups is 3. The molecule has 132 valence electrons. The van der Waals surface area contributed by atoms with Crippen molar-refractivity contribution in [2.24, 2.45) is 5.92 Å². The molecule has 1 aliphatic rings. The largest absolute Gasteiger partial charge is 0.480 e. The molecule has 2 amide bonds. The first-order valence-electron chi connectivity index (χ1n) is 8.68. The van der Waals surface area contributed by atoms with Gasteiger partial charge in [-0.3, -0.25) is 9.59 Å². The van der Waals surface area contributed by atoms with E-state index in [-0.39, 0.29) is 24.9 Å². The lowest BCUT2D eigenvalue weighted by atomic mass is 9.86. The molecule has 23 heavy (non-hydrogen) atoms. The Balaban J connectivity index is 2.42. The molecule has 1 saturated carbocycles. The van der Waals surface area contributed by atoms with Gasteiger partial charge in [-0.05, 0) is 25.7 Å². The summed E-state index contributed by atoms with van der Waals surface area (Å²) in [6, 6.07) is -0.870. The molecule has 0 saturated heterocycles. The van der Waals surface area contributed by atoms with Crippen LogP contribution < -0.4 is 5.32 Å². The zero-order valence-corrected chi connectivity index (χ0v) is 14.3. The number of carbonyl (C=O) groups excluding carboxylic acids is 2. The van der Waals surface area contributed by atoms with Gasteiger partial charge in [0.1, 0.15) is 6.04 Å². The fourth-order valence-electron chi connectivity index (χ4n) is 3.18. The van der Waals surface area contributed by atoms with E-state index in [0.717, 1.165) is 18.8 Å². The second-order valence-corrected chi connectivity index (χ2v) is 6.48. The van der Waals surface area contributed by atoms with Crippen molar-refractivity contribution in [2.75, 3.05) is 13.1 Å². The smallest absolute Gasteiger partial charge is 0.326 e. The van der Waals surface area contributed by atoms with Gasteiger partial charge in [-0.2, -0.15) is 0 Å². The molecule has 1 unspecified atom stereocenters. The lowest BCUT2D eigenvalue weighted by molar-refractivity contribution is -0.149. The molecule has 0 aromatic carbocycles. The van der Waals surface area contributed by atoms with E-state index in [1.165, 1.54) is 50.9 Å². The first-order valence-corrected chi connectivity index (χ1v) is 8.68. The summed E-state index contributed by atoms with van der Waals surface area (Å²) in [4.78, 5) is 35.8. The number of amides is 2. The summed E-state index contributed by atoms with van der Waals surface area (Å²) < 4.78 is 0. The van der Waals surface area contributed by atoms with E-state index in [1.807, 2.05) is 0 Å². The molecular weight excluding hydrogens is 296 g/mol. The van der Waals surface area contributed by atoms with Gasteiger partial charge in [0.2, 0.25) is 11.8 Å². The summed E-state index contributed by atoms with van der Waals surface area (Å²) >= 11 is 0. The summed E-state index contributed by atoms with van der Waals surface area (Å²) in [6.45, 7) is 3.42. The number of hydrogen-bond acceptors (Lipinski definition) is 3. The van der Waals surface area contributed by atoms with Crippen LogP contribution in [0.25, 0.3) is 0 Å². The maximum atomic E-state index is 12.4. The SMILES string of the molecule is CC(=O)NCCN(C(=O)CCCC1CCCCC1)C(C)C(=O)O. The van der Waals surface area contributed by atoms with E-state index < -0.39 is 12.0 Å². The molecule has 2 N–H and O–H groups in total. The van der Waals surface area contributed by atoms with Crippen LogP contribution >= 0.6 is 0 Å². The van der Waals surface area contributed by atoms with Crippen LogP contribution in [0.3, 0.4) is 0 Å². The Morgan fingerprint density at radius 2 is 1.87 bits per heavy atom. The van der Waals surface area contributed by atoms with Gasteiger partial charge < -0.3 is 15.3 Å². The van der Waals surface area contributed by atoms with Crippen LogP contribution in [0.2, 0.25) is 0 Å². The molecule has 0 spiro atoms. The lowest BCUT2D eigenvalue weighted by Gasteiger charge is -2.27. The minimum Gasteiger partial charge on any atom is -0.480 e. The van der Waals surface area contributed by atoms with Crippen LogP contribution in [-0.2, 0) is 14.4 Å². The van der Waals surface area contributed by atoms with Crippen molar-refractivity contribution in [2.45, 2.75) is 71.3 Å². The van der Waals surface area contributed by atoms with E-state index in [9.17, 15) is 14.4 Å². The number of nitrogens with one attached hydrogen (secondary N) is 1. The summed E-state index contributed by atoms with van der Waals surface area (Å²) in [5, 5.41) is 11.8. The average Bonchev–Trinajstić information content (AvgIpc) is 2.51. The topological polar surface area (TPSA) is 86.7 Å². The predicted octanol–water partition coefficient (Wildman–Crippen LogP) is 2.17. The highest BCUT2D eigenvalue weighted by atomic mass is 16.4. The normalized spacial score (nSPS) is 16.6. The van der Waals surface area contributed by atoms with Crippen molar-refractivity contribution in [3.8, 4) is 0 Å². The Morgan fingerprint density at radius 1 is 1.22 bits per heavy atom. The molecule has 1 aliphatic carbocycles. The van der Waals surface area contributed by atoms with Crippen LogP contribution in [0.5, 0.6) is 0 Å². The molecule has 1 atom stereocenters. The van der Waals surface area contributed by atoms with Gasteiger partial charge >= 0.3 is 5.97 Å². The zero-order chi connectivity index (χ0) is 17.2. The van der Waals surface area contributed by atoms with E-state index in [2.05, 4.69) is 5.32 Å². The summed E-state index contributed by atoms with van der Waals surface area (Å²) in [6.07, 6.45) is 8.66. The summed E-state index contributed by atoms with van der Waals surface area (Å²) in [5.74, 6) is -0.617. The van der Waals surface area contributed by atoms with Gasteiger partial charge in [0.25, 0.3) is 0 Å². The predicted molar refractivity (Wildman–Crippen MR) is 87.9 cm³/mol. The maximum Gasteiger partial charge on any atom is 0.326 e. The second kappa shape index (κ2) is 10.2. The minimum absolute atomic E-state index is 0.138. The average molecular weight is 326 g/mol. The number of rotatable bonds is 9. The van der Waals surface area contributed by atoms with E-state index in [4.69, 9.17) is 5.11 Å². The minimum atomic E-state index is -1.02. The highest BCUT2D eigenvalue weighted by Crippen LogP contribution is 2.27. The van der Waals surface area contributed by atoms with Crippen molar-refractivity contribution >= 4 is 17.8 Å². The first-order chi connectivity index (χ1) is 10.9. The molecule has 6 nitrogen and oxygen atoms in total. The van der Waals surface area contributed by atoms with E-state index >= 15 is 0 Å². The van der Waals surface area contributed by atoms with Crippen molar-refractivity contribution < 1.29 is 19.5 Å². The Bertz CT molecular complexity index is 405. The highest BCUT2D eigenvalue weighted by molar-refractivity contribution is 5.83. The van der Waals surface area contributed by atoms with Crippen LogP contribution in [0, 0.1) is 5.92 Å². The standard InChI is InChI=1S/C17H30N2O4/c1-13(17(22)23)19(12-11-18-14(2)20)16(21)10-6-9-15-7-4-3-5-8-15/h13,15H,3-12H2,1-2H3,(H,18,20)(H,22,23). The number of nitrogens with zero attached hydrogens (tertiary/aromatic N) is 1. The third kappa shape index (κ3) is 7.48. The third-order valence-electron chi connectivity index (χ3n) is 4.60. The van der Waals surface area contributed by atoms with Crippen molar-refractivity contribution in [1.82, 2.24) is 10.2 Å². The van der Waals surface area contributed by atoms with Gasteiger partial charge in [-0.25, -0.2) is 4.79 Å². The summed E-state index contributed by atoms with van der Waals surface area (Å²) in [5.41, 5.74) is 0. The zero-order valence-electron chi connectivity index (χ0n) is 14.3. The molecule has 0 aromatic heterocycles. The Kier molecular flexibility index (Phi) is 8.66.